The molecule has 0 aromatic heterocycles. The Labute approximate surface area is 153 Å². The van der Waals surface area contributed by atoms with Crippen molar-refractivity contribution in [3.8, 4) is 0 Å². The molecule has 26 heavy (non-hydrogen) atoms. The summed E-state index contributed by atoms with van der Waals surface area (Å²) in [6.07, 6.45) is 5.92. The smallest absolute Gasteiger partial charge is 0.415 e. The molecular weight excluding hydrogens is 328 g/mol. The number of nitrogens with zero attached hydrogens (tertiary/aromatic N) is 2. The third kappa shape index (κ3) is 1.57. The van der Waals surface area contributed by atoms with E-state index in [-0.39, 0.29) is 24.0 Å². The van der Waals surface area contributed by atoms with Gasteiger partial charge < -0.3 is 9.84 Å². The third-order valence-electron chi connectivity index (χ3n) is 7.11. The average molecular weight is 352 g/mol. The number of ether oxygens (including phenoxy) is 1. The fourth-order valence-electron chi connectivity index (χ4n) is 6.11. The summed E-state index contributed by atoms with van der Waals surface area (Å²) in [5.74, 6) is 0.189. The Morgan fingerprint density at radius 3 is 2.96 bits per heavy atom. The molecule has 1 unspecified atom stereocenters. The van der Waals surface area contributed by atoms with E-state index in [2.05, 4.69) is 30.0 Å². The molecular formula is C21H24N2O3. The number of aliphatic hydroxyl groups is 1. The van der Waals surface area contributed by atoms with Crippen molar-refractivity contribution in [3.05, 3.63) is 53.1 Å². The van der Waals surface area contributed by atoms with Gasteiger partial charge in [-0.15, -0.1) is 0 Å². The Morgan fingerprint density at radius 2 is 2.23 bits per heavy atom. The molecule has 3 atom stereocenters. The average Bonchev–Trinajstić information content (AvgIpc) is 3.15. The number of hydrogen-bond acceptors (Lipinski definition) is 4. The number of hydrogen-bond donors (Lipinski definition) is 1. The SMILES string of the molecule is C/C=C1/CN2CC[C@]34C=C(CO)C1C[C@]23N(C(=O)OC)c1ccccc14. The molecule has 2 bridgehead atoms. The van der Waals surface area contributed by atoms with Gasteiger partial charge in [-0.1, -0.05) is 35.9 Å². The lowest BCUT2D eigenvalue weighted by Gasteiger charge is -2.56. The molecule has 4 aliphatic rings. The maximum Gasteiger partial charge on any atom is 0.415 e. The summed E-state index contributed by atoms with van der Waals surface area (Å²) in [5, 5.41) is 10.1. The molecule has 5 rings (SSSR count). The van der Waals surface area contributed by atoms with Crippen LogP contribution < -0.4 is 4.90 Å². The molecule has 2 saturated heterocycles. The number of para-hydroxylation sites is 1. The van der Waals surface area contributed by atoms with E-state index in [0.717, 1.165) is 37.2 Å². The second kappa shape index (κ2) is 5.21. The van der Waals surface area contributed by atoms with Crippen LogP contribution in [0.15, 0.2) is 47.6 Å². The Balaban J connectivity index is 1.84. The Kier molecular flexibility index (Phi) is 3.22. The minimum absolute atomic E-state index is 0.0697. The minimum atomic E-state index is -0.431. The van der Waals surface area contributed by atoms with E-state index < -0.39 is 5.66 Å². The van der Waals surface area contributed by atoms with Crippen LogP contribution in [0, 0.1) is 5.92 Å². The molecule has 1 aromatic rings. The highest BCUT2D eigenvalue weighted by Gasteiger charge is 2.72. The van der Waals surface area contributed by atoms with Crippen molar-refractivity contribution in [1.82, 2.24) is 4.90 Å². The summed E-state index contributed by atoms with van der Waals surface area (Å²) in [6, 6.07) is 8.19. The Hall–Kier alpha value is -2.11. The molecule has 1 amide bonds. The standard InChI is InChI=1S/C21H24N2O3/c1-3-14-12-22-9-8-20-10-15(13-24)16(14)11-21(20,22)23(19(25)26-2)18-7-5-4-6-17(18)20/h3-7,10,16,24H,8-9,11-13H2,1-2H3/b14-3-/t16?,20-,21-/m1/s1. The van der Waals surface area contributed by atoms with E-state index in [4.69, 9.17) is 4.74 Å². The van der Waals surface area contributed by atoms with E-state index in [1.165, 1.54) is 18.2 Å². The number of carbonyl (C=O) groups is 1. The summed E-state index contributed by atoms with van der Waals surface area (Å²) >= 11 is 0. The van der Waals surface area contributed by atoms with Crippen molar-refractivity contribution >= 4 is 11.8 Å². The number of fused-ring (bicyclic) bond motifs is 2. The highest BCUT2D eigenvalue weighted by Crippen LogP contribution is 2.66. The Bertz CT molecular complexity index is 861. The highest BCUT2D eigenvalue weighted by atomic mass is 16.5. The number of amides is 1. The van der Waals surface area contributed by atoms with Crippen molar-refractivity contribution in [2.45, 2.75) is 30.8 Å². The second-order valence-corrected chi connectivity index (χ2v) is 7.78. The van der Waals surface area contributed by atoms with Crippen LogP contribution in [-0.4, -0.2) is 48.6 Å². The normalized spacial score (nSPS) is 36.0. The largest absolute Gasteiger partial charge is 0.452 e. The molecule has 136 valence electrons. The van der Waals surface area contributed by atoms with Gasteiger partial charge in [-0.2, -0.15) is 0 Å². The molecule has 1 aromatic carbocycles. The molecule has 3 heterocycles. The molecule has 0 radical (unpaired) electrons. The zero-order valence-electron chi connectivity index (χ0n) is 15.2. The first-order chi connectivity index (χ1) is 12.6. The van der Waals surface area contributed by atoms with Crippen LogP contribution in [0.5, 0.6) is 0 Å². The first kappa shape index (κ1) is 16.1. The maximum atomic E-state index is 12.9. The lowest BCUT2D eigenvalue weighted by molar-refractivity contribution is 0.0515. The zero-order valence-corrected chi connectivity index (χ0v) is 15.2. The molecule has 1 N–H and O–H groups in total. The van der Waals surface area contributed by atoms with E-state index in [1.54, 1.807) is 0 Å². The van der Waals surface area contributed by atoms with Gasteiger partial charge in [0.15, 0.2) is 0 Å². The molecule has 5 heteroatoms. The Morgan fingerprint density at radius 1 is 1.42 bits per heavy atom. The predicted molar refractivity (Wildman–Crippen MR) is 99.0 cm³/mol. The number of piperidine rings is 1. The lowest BCUT2D eigenvalue weighted by Crippen LogP contribution is -2.69. The van der Waals surface area contributed by atoms with Crippen LogP contribution >= 0.6 is 0 Å². The van der Waals surface area contributed by atoms with Crippen LogP contribution in [0.4, 0.5) is 10.5 Å². The summed E-state index contributed by atoms with van der Waals surface area (Å²) in [4.78, 5) is 17.3. The molecule has 2 fully saturated rings. The molecule has 5 nitrogen and oxygen atoms in total. The van der Waals surface area contributed by atoms with Gasteiger partial charge in [0.2, 0.25) is 0 Å². The van der Waals surface area contributed by atoms with Gasteiger partial charge in [0.25, 0.3) is 0 Å². The quantitative estimate of drug-likeness (QED) is 0.790. The maximum absolute atomic E-state index is 12.9. The highest BCUT2D eigenvalue weighted by molar-refractivity contribution is 5.95. The van der Waals surface area contributed by atoms with Crippen LogP contribution in [0.2, 0.25) is 0 Å². The van der Waals surface area contributed by atoms with Crippen molar-refractivity contribution in [2.75, 3.05) is 31.7 Å². The summed E-state index contributed by atoms with van der Waals surface area (Å²) < 4.78 is 5.23. The number of anilines is 1. The number of methoxy groups -OCH3 is 1. The van der Waals surface area contributed by atoms with E-state index in [1.807, 2.05) is 23.1 Å². The van der Waals surface area contributed by atoms with Gasteiger partial charge in [0.1, 0.15) is 5.66 Å². The molecule has 0 saturated carbocycles. The summed E-state index contributed by atoms with van der Waals surface area (Å²) in [5.41, 5.74) is 3.86. The van der Waals surface area contributed by atoms with Gasteiger partial charge in [-0.25, -0.2) is 4.79 Å². The molecule has 1 spiro atoms. The van der Waals surface area contributed by atoms with E-state index in [0.29, 0.717) is 0 Å². The number of carbonyl (C=O) groups excluding carboxylic acids is 1. The van der Waals surface area contributed by atoms with Gasteiger partial charge in [0, 0.05) is 19.0 Å². The molecule has 1 aliphatic carbocycles. The van der Waals surface area contributed by atoms with Crippen LogP contribution in [0.1, 0.15) is 25.3 Å². The fraction of sp³-hybridized carbons (Fsp3) is 0.476. The summed E-state index contributed by atoms with van der Waals surface area (Å²) in [7, 11) is 1.46. The number of aliphatic hydroxyl groups excluding tert-OH is 1. The molecule has 3 aliphatic heterocycles. The van der Waals surface area contributed by atoms with Crippen molar-refractivity contribution in [1.29, 1.82) is 0 Å². The van der Waals surface area contributed by atoms with Crippen molar-refractivity contribution < 1.29 is 14.6 Å². The van der Waals surface area contributed by atoms with Crippen LogP contribution in [0.25, 0.3) is 0 Å². The fourth-order valence-corrected chi connectivity index (χ4v) is 6.11. The van der Waals surface area contributed by atoms with Crippen molar-refractivity contribution in [2.24, 2.45) is 5.92 Å². The van der Waals surface area contributed by atoms with Crippen LogP contribution in [0.3, 0.4) is 0 Å². The monoisotopic (exact) mass is 352 g/mol. The van der Waals surface area contributed by atoms with Crippen LogP contribution in [-0.2, 0) is 10.2 Å². The van der Waals surface area contributed by atoms with E-state index >= 15 is 0 Å². The van der Waals surface area contributed by atoms with E-state index in [9.17, 15) is 9.90 Å². The first-order valence-electron chi connectivity index (χ1n) is 9.33. The third-order valence-corrected chi connectivity index (χ3v) is 7.11. The van der Waals surface area contributed by atoms with Crippen molar-refractivity contribution in [3.63, 3.8) is 0 Å². The topological polar surface area (TPSA) is 53.0 Å². The first-order valence-corrected chi connectivity index (χ1v) is 9.33. The number of rotatable bonds is 1. The van der Waals surface area contributed by atoms with Gasteiger partial charge in [0.05, 0.1) is 24.8 Å². The predicted octanol–water partition coefficient (Wildman–Crippen LogP) is 2.81. The lowest BCUT2D eigenvalue weighted by atomic mass is 9.60. The van der Waals surface area contributed by atoms with Gasteiger partial charge in [-0.3, -0.25) is 9.80 Å². The van der Waals surface area contributed by atoms with Gasteiger partial charge >= 0.3 is 6.09 Å². The number of benzene rings is 1. The summed E-state index contributed by atoms with van der Waals surface area (Å²) in [6.45, 7) is 3.91. The number of allylic oxidation sites excluding steroid dienone is 1. The zero-order chi connectivity index (χ0) is 18.1. The van der Waals surface area contributed by atoms with Gasteiger partial charge in [-0.05, 0) is 37.0 Å². The minimum Gasteiger partial charge on any atom is -0.452 e. The second-order valence-electron chi connectivity index (χ2n) is 7.78.